The largest absolute Gasteiger partial charge is 0.497 e. The average molecular weight is 342 g/mol. The first-order chi connectivity index (χ1) is 12.0. The van der Waals surface area contributed by atoms with E-state index >= 15 is 0 Å². The van der Waals surface area contributed by atoms with Crippen molar-refractivity contribution in [1.29, 1.82) is 0 Å². The topological polar surface area (TPSA) is 59.6 Å². The summed E-state index contributed by atoms with van der Waals surface area (Å²) in [6.45, 7) is 6.94. The molecular formula is C20H26N2O3. The van der Waals surface area contributed by atoms with E-state index in [0.717, 1.165) is 28.2 Å². The third-order valence-electron chi connectivity index (χ3n) is 3.87. The summed E-state index contributed by atoms with van der Waals surface area (Å²) in [5, 5.41) is 5.83. The number of rotatable bonds is 7. The van der Waals surface area contributed by atoms with Crippen LogP contribution in [0.2, 0.25) is 0 Å². The van der Waals surface area contributed by atoms with Gasteiger partial charge in [0.05, 0.1) is 19.8 Å². The minimum absolute atomic E-state index is 0.160. The van der Waals surface area contributed by atoms with Gasteiger partial charge in [0.15, 0.2) is 0 Å². The minimum Gasteiger partial charge on any atom is -0.497 e. The molecule has 0 aliphatic carbocycles. The summed E-state index contributed by atoms with van der Waals surface area (Å²) >= 11 is 0. The van der Waals surface area contributed by atoms with E-state index in [1.54, 1.807) is 7.11 Å². The zero-order chi connectivity index (χ0) is 18.2. The van der Waals surface area contributed by atoms with Crippen molar-refractivity contribution in [2.24, 2.45) is 0 Å². The van der Waals surface area contributed by atoms with Crippen LogP contribution in [0.4, 0.5) is 4.79 Å². The summed E-state index contributed by atoms with van der Waals surface area (Å²) < 4.78 is 10.9. The third-order valence-corrected chi connectivity index (χ3v) is 3.87. The maximum atomic E-state index is 12.2. The van der Waals surface area contributed by atoms with Crippen LogP contribution >= 0.6 is 0 Å². The third kappa shape index (κ3) is 5.41. The van der Waals surface area contributed by atoms with Gasteiger partial charge < -0.3 is 20.1 Å². The van der Waals surface area contributed by atoms with Crippen molar-refractivity contribution in [2.45, 2.75) is 33.4 Å². The van der Waals surface area contributed by atoms with Crippen molar-refractivity contribution in [3.8, 4) is 11.5 Å². The van der Waals surface area contributed by atoms with Gasteiger partial charge in [0.2, 0.25) is 0 Å². The Morgan fingerprint density at radius 1 is 1.20 bits per heavy atom. The predicted octanol–water partition coefficient (Wildman–Crippen LogP) is 3.96. The van der Waals surface area contributed by atoms with Crippen LogP contribution in [0.3, 0.4) is 0 Å². The van der Waals surface area contributed by atoms with Crippen LogP contribution in [-0.2, 0) is 6.54 Å². The van der Waals surface area contributed by atoms with Crippen LogP contribution in [0.1, 0.15) is 36.6 Å². The Bertz CT molecular complexity index is 716. The van der Waals surface area contributed by atoms with Crippen LogP contribution in [0.5, 0.6) is 11.5 Å². The minimum atomic E-state index is -0.223. The molecule has 0 fully saturated rings. The van der Waals surface area contributed by atoms with E-state index in [9.17, 15) is 4.79 Å². The Morgan fingerprint density at radius 3 is 2.72 bits per heavy atom. The fourth-order valence-corrected chi connectivity index (χ4v) is 2.58. The predicted molar refractivity (Wildman–Crippen MR) is 99.1 cm³/mol. The molecule has 0 saturated heterocycles. The number of aryl methyl sites for hydroxylation is 1. The second-order valence-corrected chi connectivity index (χ2v) is 5.87. The summed E-state index contributed by atoms with van der Waals surface area (Å²) in [5.41, 5.74) is 3.08. The quantitative estimate of drug-likeness (QED) is 0.800. The lowest BCUT2D eigenvalue weighted by Crippen LogP contribution is -2.36. The van der Waals surface area contributed by atoms with Crippen LogP contribution < -0.4 is 20.1 Å². The van der Waals surface area contributed by atoms with E-state index in [1.807, 2.05) is 63.2 Å². The molecule has 5 heteroatoms. The lowest BCUT2D eigenvalue weighted by molar-refractivity contribution is 0.237. The van der Waals surface area contributed by atoms with Gasteiger partial charge in [0.1, 0.15) is 11.5 Å². The van der Waals surface area contributed by atoms with E-state index in [1.165, 1.54) is 0 Å². The zero-order valence-corrected chi connectivity index (χ0v) is 15.3. The van der Waals surface area contributed by atoms with Gasteiger partial charge >= 0.3 is 6.03 Å². The standard InChI is InChI=1S/C20H26N2O3/c1-5-25-19-10-9-14(2)11-18(19)15(3)22-20(23)21-13-16-7-6-8-17(12-16)24-4/h6-12,15H,5,13H2,1-4H3,(H2,21,22,23). The van der Waals surface area contributed by atoms with Crippen molar-refractivity contribution < 1.29 is 14.3 Å². The molecule has 2 aromatic rings. The van der Waals surface area contributed by atoms with Crippen LogP contribution in [-0.4, -0.2) is 19.7 Å². The highest BCUT2D eigenvalue weighted by Crippen LogP contribution is 2.26. The maximum Gasteiger partial charge on any atom is 0.315 e. The molecule has 25 heavy (non-hydrogen) atoms. The van der Waals surface area contributed by atoms with Crippen molar-refractivity contribution in [1.82, 2.24) is 10.6 Å². The molecular weight excluding hydrogens is 316 g/mol. The Morgan fingerprint density at radius 2 is 2.00 bits per heavy atom. The monoisotopic (exact) mass is 342 g/mol. The highest BCUT2D eigenvalue weighted by atomic mass is 16.5. The zero-order valence-electron chi connectivity index (χ0n) is 15.3. The number of hydrogen-bond acceptors (Lipinski definition) is 3. The highest BCUT2D eigenvalue weighted by Gasteiger charge is 2.14. The van der Waals surface area contributed by atoms with Crippen LogP contribution in [0.25, 0.3) is 0 Å². The van der Waals surface area contributed by atoms with Crippen LogP contribution in [0, 0.1) is 6.92 Å². The second kappa shape index (κ2) is 8.97. The number of nitrogens with one attached hydrogen (secondary N) is 2. The molecule has 0 spiro atoms. The fraction of sp³-hybridized carbons (Fsp3) is 0.350. The Kier molecular flexibility index (Phi) is 6.69. The molecule has 0 heterocycles. The van der Waals surface area contributed by atoms with Crippen molar-refractivity contribution in [2.75, 3.05) is 13.7 Å². The first kappa shape index (κ1) is 18.6. The van der Waals surface area contributed by atoms with Gasteiger partial charge in [0.25, 0.3) is 0 Å². The number of methoxy groups -OCH3 is 1. The summed E-state index contributed by atoms with van der Waals surface area (Å²) in [4.78, 5) is 12.2. The Labute approximate surface area is 149 Å². The highest BCUT2D eigenvalue weighted by molar-refractivity contribution is 5.74. The van der Waals surface area contributed by atoms with E-state index in [2.05, 4.69) is 10.6 Å². The van der Waals surface area contributed by atoms with E-state index < -0.39 is 0 Å². The molecule has 0 aliphatic rings. The van der Waals surface area contributed by atoms with E-state index in [-0.39, 0.29) is 12.1 Å². The molecule has 2 amide bonds. The van der Waals surface area contributed by atoms with Gasteiger partial charge in [-0.05, 0) is 44.5 Å². The molecule has 0 saturated carbocycles. The lowest BCUT2D eigenvalue weighted by Gasteiger charge is -2.19. The number of urea groups is 1. The molecule has 134 valence electrons. The lowest BCUT2D eigenvalue weighted by atomic mass is 10.0. The number of benzene rings is 2. The molecule has 1 unspecified atom stereocenters. The SMILES string of the molecule is CCOc1ccc(C)cc1C(C)NC(=O)NCc1cccc(OC)c1. The number of amides is 2. The van der Waals surface area contributed by atoms with Crippen molar-refractivity contribution in [3.63, 3.8) is 0 Å². The first-order valence-electron chi connectivity index (χ1n) is 8.44. The Hall–Kier alpha value is -2.69. The maximum absolute atomic E-state index is 12.2. The molecule has 0 bridgehead atoms. The average Bonchev–Trinajstić information content (AvgIpc) is 2.61. The molecule has 2 rings (SSSR count). The summed E-state index contributed by atoms with van der Waals surface area (Å²) in [7, 11) is 1.62. The first-order valence-corrected chi connectivity index (χ1v) is 8.44. The van der Waals surface area contributed by atoms with Gasteiger partial charge in [0, 0.05) is 12.1 Å². The molecule has 0 aromatic heterocycles. The fourth-order valence-electron chi connectivity index (χ4n) is 2.58. The van der Waals surface area contributed by atoms with E-state index in [0.29, 0.717) is 13.2 Å². The number of carbonyl (C=O) groups excluding carboxylic acids is 1. The molecule has 2 aromatic carbocycles. The normalized spacial score (nSPS) is 11.5. The summed E-state index contributed by atoms with van der Waals surface area (Å²) in [5.74, 6) is 1.57. The van der Waals surface area contributed by atoms with Crippen molar-refractivity contribution in [3.05, 3.63) is 59.2 Å². The van der Waals surface area contributed by atoms with Crippen molar-refractivity contribution >= 4 is 6.03 Å². The van der Waals surface area contributed by atoms with Gasteiger partial charge in [-0.3, -0.25) is 0 Å². The van der Waals surface area contributed by atoms with Gasteiger partial charge in [-0.15, -0.1) is 0 Å². The number of ether oxygens (including phenoxy) is 2. The van der Waals surface area contributed by atoms with Gasteiger partial charge in [-0.25, -0.2) is 4.79 Å². The molecule has 1 atom stereocenters. The van der Waals surface area contributed by atoms with Gasteiger partial charge in [-0.1, -0.05) is 29.8 Å². The molecule has 0 radical (unpaired) electrons. The smallest absolute Gasteiger partial charge is 0.315 e. The van der Waals surface area contributed by atoms with Crippen LogP contribution in [0.15, 0.2) is 42.5 Å². The molecule has 5 nitrogen and oxygen atoms in total. The van der Waals surface area contributed by atoms with Gasteiger partial charge in [-0.2, -0.15) is 0 Å². The number of carbonyl (C=O) groups is 1. The summed E-state index contributed by atoms with van der Waals surface area (Å²) in [6.07, 6.45) is 0. The molecule has 0 aliphatic heterocycles. The second-order valence-electron chi connectivity index (χ2n) is 5.87. The number of hydrogen-bond donors (Lipinski definition) is 2. The molecule has 2 N–H and O–H groups in total. The van der Waals surface area contributed by atoms with E-state index in [4.69, 9.17) is 9.47 Å². The Balaban J connectivity index is 1.96. The summed E-state index contributed by atoms with van der Waals surface area (Å²) in [6, 6.07) is 13.2.